The summed E-state index contributed by atoms with van der Waals surface area (Å²) in [6, 6.07) is 0. The van der Waals surface area contributed by atoms with E-state index in [1.807, 2.05) is 33.8 Å². The van der Waals surface area contributed by atoms with Gasteiger partial charge in [0.15, 0.2) is 0 Å². The summed E-state index contributed by atoms with van der Waals surface area (Å²) in [5.74, 6) is 1.39. The molecular weight excluding hydrogens is 254 g/mol. The van der Waals surface area contributed by atoms with Gasteiger partial charge in [0.2, 0.25) is 0 Å². The van der Waals surface area contributed by atoms with Crippen LogP contribution in [0, 0.1) is 5.92 Å². The number of carbonyl (C=O) groups excluding carboxylic acids is 1. The van der Waals surface area contributed by atoms with Gasteiger partial charge in [-0.1, -0.05) is 12.7 Å². The van der Waals surface area contributed by atoms with Gasteiger partial charge in [0.25, 0.3) is 0 Å². The normalized spacial score (nSPS) is 17.8. The Labute approximate surface area is 122 Å². The van der Waals surface area contributed by atoms with Crippen LogP contribution < -0.4 is 0 Å². The number of likely N-dealkylation sites (tertiary alicyclic amines) is 1. The molecule has 1 rings (SSSR count). The number of ether oxygens (including phenoxy) is 2. The Kier molecular flexibility index (Phi) is 6.11. The van der Waals surface area contributed by atoms with Crippen molar-refractivity contribution in [3.05, 3.63) is 24.5 Å². The second-order valence-corrected chi connectivity index (χ2v) is 6.23. The lowest BCUT2D eigenvalue weighted by molar-refractivity contribution is 0.0148. The van der Waals surface area contributed by atoms with Gasteiger partial charge >= 0.3 is 6.09 Å². The Bertz CT molecular complexity index is 360. The van der Waals surface area contributed by atoms with Crippen molar-refractivity contribution in [2.75, 3.05) is 19.7 Å². The van der Waals surface area contributed by atoms with Crippen LogP contribution in [-0.2, 0) is 9.47 Å². The van der Waals surface area contributed by atoms with Crippen molar-refractivity contribution in [2.24, 2.45) is 5.92 Å². The summed E-state index contributed by atoms with van der Waals surface area (Å²) >= 11 is 0. The minimum Gasteiger partial charge on any atom is -0.498 e. The first-order valence-corrected chi connectivity index (χ1v) is 7.22. The molecule has 4 nitrogen and oxygen atoms in total. The van der Waals surface area contributed by atoms with Gasteiger partial charge in [-0.25, -0.2) is 4.79 Å². The molecule has 0 aliphatic carbocycles. The third-order valence-corrected chi connectivity index (χ3v) is 3.17. The van der Waals surface area contributed by atoms with E-state index < -0.39 is 5.60 Å². The minimum atomic E-state index is -0.427. The number of allylic oxidation sites excluding steroid dienone is 3. The van der Waals surface area contributed by atoms with Crippen LogP contribution in [0.5, 0.6) is 0 Å². The van der Waals surface area contributed by atoms with E-state index in [2.05, 4.69) is 6.58 Å². The summed E-state index contributed by atoms with van der Waals surface area (Å²) in [6.45, 7) is 13.4. The zero-order valence-electron chi connectivity index (χ0n) is 13.1. The van der Waals surface area contributed by atoms with E-state index in [1.54, 1.807) is 11.0 Å². The molecule has 0 saturated carbocycles. The van der Waals surface area contributed by atoms with E-state index >= 15 is 0 Å². The van der Waals surface area contributed by atoms with Crippen molar-refractivity contribution in [1.82, 2.24) is 4.90 Å². The molecule has 0 aromatic heterocycles. The molecule has 0 radical (unpaired) electrons. The third-order valence-electron chi connectivity index (χ3n) is 3.17. The fourth-order valence-electron chi connectivity index (χ4n) is 2.07. The smallest absolute Gasteiger partial charge is 0.410 e. The van der Waals surface area contributed by atoms with Gasteiger partial charge in [0, 0.05) is 13.1 Å². The van der Waals surface area contributed by atoms with E-state index in [-0.39, 0.29) is 6.09 Å². The third kappa shape index (κ3) is 6.13. The van der Waals surface area contributed by atoms with E-state index in [9.17, 15) is 4.79 Å². The van der Waals surface area contributed by atoms with Crippen molar-refractivity contribution in [2.45, 2.75) is 46.1 Å². The highest BCUT2D eigenvalue weighted by atomic mass is 16.6. The SMILES string of the molecule is C=CC=C(C)OCC1CCN(C(=O)OC(C)(C)C)CC1. The van der Waals surface area contributed by atoms with Gasteiger partial charge in [0.05, 0.1) is 12.4 Å². The molecule has 1 saturated heterocycles. The molecule has 1 heterocycles. The summed E-state index contributed by atoms with van der Waals surface area (Å²) in [5, 5.41) is 0. The zero-order valence-corrected chi connectivity index (χ0v) is 13.1. The quantitative estimate of drug-likeness (QED) is 0.582. The Balaban J connectivity index is 2.31. The highest BCUT2D eigenvalue weighted by Crippen LogP contribution is 2.20. The lowest BCUT2D eigenvalue weighted by atomic mass is 9.98. The van der Waals surface area contributed by atoms with Crippen molar-refractivity contribution in [3.8, 4) is 0 Å². The van der Waals surface area contributed by atoms with Gasteiger partial charge in [-0.05, 0) is 52.5 Å². The minimum absolute atomic E-state index is 0.209. The summed E-state index contributed by atoms with van der Waals surface area (Å²) in [6.07, 6.45) is 5.29. The van der Waals surface area contributed by atoms with Gasteiger partial charge in [-0.2, -0.15) is 0 Å². The lowest BCUT2D eigenvalue weighted by Gasteiger charge is -2.33. The van der Waals surface area contributed by atoms with Crippen molar-refractivity contribution in [3.63, 3.8) is 0 Å². The molecule has 0 atom stereocenters. The molecule has 20 heavy (non-hydrogen) atoms. The molecular formula is C16H27NO3. The maximum Gasteiger partial charge on any atom is 0.410 e. The van der Waals surface area contributed by atoms with Crippen molar-refractivity contribution in [1.29, 1.82) is 0 Å². The van der Waals surface area contributed by atoms with Crippen LogP contribution in [0.3, 0.4) is 0 Å². The van der Waals surface area contributed by atoms with Crippen LogP contribution >= 0.6 is 0 Å². The fraction of sp³-hybridized carbons (Fsp3) is 0.688. The Hall–Kier alpha value is -1.45. The van der Waals surface area contributed by atoms with Gasteiger partial charge in [0.1, 0.15) is 5.60 Å². The first kappa shape index (κ1) is 16.6. The Morgan fingerprint density at radius 2 is 1.95 bits per heavy atom. The number of amides is 1. The topological polar surface area (TPSA) is 38.8 Å². The van der Waals surface area contributed by atoms with E-state index in [0.29, 0.717) is 12.5 Å². The molecule has 0 bridgehead atoms. The monoisotopic (exact) mass is 281 g/mol. The number of carbonyl (C=O) groups is 1. The van der Waals surface area contributed by atoms with Crippen molar-refractivity contribution >= 4 is 6.09 Å². The van der Waals surface area contributed by atoms with Crippen LogP contribution in [0.15, 0.2) is 24.5 Å². The van der Waals surface area contributed by atoms with Crippen LogP contribution in [-0.4, -0.2) is 36.3 Å². The van der Waals surface area contributed by atoms with Crippen LogP contribution in [0.25, 0.3) is 0 Å². The second-order valence-electron chi connectivity index (χ2n) is 6.23. The fourth-order valence-corrected chi connectivity index (χ4v) is 2.07. The van der Waals surface area contributed by atoms with Gasteiger partial charge < -0.3 is 14.4 Å². The summed E-state index contributed by atoms with van der Waals surface area (Å²) in [4.78, 5) is 13.7. The first-order chi connectivity index (χ1) is 9.31. The predicted molar refractivity (Wildman–Crippen MR) is 80.4 cm³/mol. The number of hydrogen-bond donors (Lipinski definition) is 0. The summed E-state index contributed by atoms with van der Waals surface area (Å²) in [7, 11) is 0. The molecule has 4 heteroatoms. The highest BCUT2D eigenvalue weighted by Gasteiger charge is 2.26. The molecule has 1 aliphatic heterocycles. The number of rotatable bonds is 4. The molecule has 0 aromatic carbocycles. The molecule has 0 spiro atoms. The Morgan fingerprint density at radius 1 is 1.35 bits per heavy atom. The van der Waals surface area contributed by atoms with Gasteiger partial charge in [-0.15, -0.1) is 0 Å². The standard InChI is InChI=1S/C16H27NO3/c1-6-7-13(2)19-12-14-8-10-17(11-9-14)15(18)20-16(3,4)5/h6-7,14H,1,8-12H2,2-5H3. The predicted octanol–water partition coefficient (Wildman–Crippen LogP) is 3.74. The van der Waals surface area contributed by atoms with Crippen LogP contribution in [0.1, 0.15) is 40.5 Å². The maximum absolute atomic E-state index is 11.9. The van der Waals surface area contributed by atoms with Gasteiger partial charge in [-0.3, -0.25) is 0 Å². The molecule has 1 amide bonds. The Morgan fingerprint density at radius 3 is 2.45 bits per heavy atom. The molecule has 0 unspecified atom stereocenters. The summed E-state index contributed by atoms with van der Waals surface area (Å²) in [5.41, 5.74) is -0.427. The van der Waals surface area contributed by atoms with E-state index in [4.69, 9.17) is 9.47 Å². The molecule has 1 fully saturated rings. The average Bonchev–Trinajstić information content (AvgIpc) is 2.35. The van der Waals surface area contributed by atoms with E-state index in [1.165, 1.54) is 0 Å². The van der Waals surface area contributed by atoms with Crippen LogP contribution in [0.4, 0.5) is 4.79 Å². The first-order valence-electron chi connectivity index (χ1n) is 7.22. The zero-order chi connectivity index (χ0) is 15.2. The average molecular weight is 281 g/mol. The maximum atomic E-state index is 11.9. The highest BCUT2D eigenvalue weighted by molar-refractivity contribution is 5.68. The molecule has 114 valence electrons. The second kappa shape index (κ2) is 7.36. The van der Waals surface area contributed by atoms with Crippen molar-refractivity contribution < 1.29 is 14.3 Å². The number of hydrogen-bond acceptors (Lipinski definition) is 3. The van der Waals surface area contributed by atoms with E-state index in [0.717, 1.165) is 31.7 Å². The van der Waals surface area contributed by atoms with Crippen LogP contribution in [0.2, 0.25) is 0 Å². The number of nitrogens with zero attached hydrogens (tertiary/aromatic N) is 1. The molecule has 1 aliphatic rings. The number of piperidine rings is 1. The summed E-state index contributed by atoms with van der Waals surface area (Å²) < 4.78 is 11.0. The lowest BCUT2D eigenvalue weighted by Crippen LogP contribution is -2.42. The molecule has 0 aromatic rings. The largest absolute Gasteiger partial charge is 0.498 e. The molecule has 0 N–H and O–H groups in total.